The van der Waals surface area contributed by atoms with Crippen LogP contribution in [0.1, 0.15) is 12.4 Å². The number of hydrogen-bond acceptors (Lipinski definition) is 5. The van der Waals surface area contributed by atoms with Crippen LogP contribution in [0.25, 0.3) is 0 Å². The zero-order chi connectivity index (χ0) is 24.0. The van der Waals surface area contributed by atoms with Crippen LogP contribution in [-0.4, -0.2) is 38.2 Å². The summed E-state index contributed by atoms with van der Waals surface area (Å²) in [7, 11) is -4.57. The highest BCUT2D eigenvalue weighted by Gasteiger charge is 2.32. The molecule has 10 heteroatoms. The van der Waals surface area contributed by atoms with Gasteiger partial charge in [0, 0.05) is 23.1 Å². The highest BCUT2D eigenvalue weighted by molar-refractivity contribution is 7.89. The smallest absolute Gasteiger partial charge is 0.247 e. The highest BCUT2D eigenvalue weighted by Crippen LogP contribution is 2.34. The number of piperazine rings is 1. The molecule has 1 N–H and O–H groups in total. The number of nitriles is 1. The van der Waals surface area contributed by atoms with Crippen molar-refractivity contribution in [1.29, 1.82) is 5.26 Å². The minimum absolute atomic E-state index is 0.0739. The Balaban J connectivity index is 2.16. The number of hydrogen-bond donors (Lipinski definition) is 1. The Kier molecular flexibility index (Phi) is 3.96. The van der Waals surface area contributed by atoms with Crippen LogP contribution >= 0.6 is 23.2 Å². The van der Waals surface area contributed by atoms with Crippen molar-refractivity contribution in [3.05, 3.63) is 51.9 Å². The first kappa shape index (κ1) is 13.8. The summed E-state index contributed by atoms with van der Waals surface area (Å²) in [6, 6.07) is 3.45. The highest BCUT2D eigenvalue weighted by atomic mass is 35.5. The number of carbonyl (C=O) groups is 1. The lowest BCUT2D eigenvalue weighted by Gasteiger charge is -2.26. The van der Waals surface area contributed by atoms with Gasteiger partial charge in [0.1, 0.15) is 16.4 Å². The van der Waals surface area contributed by atoms with E-state index >= 15 is 0 Å². The molecule has 7 nitrogen and oxygen atoms in total. The van der Waals surface area contributed by atoms with Crippen molar-refractivity contribution < 1.29 is 24.8 Å². The molecule has 140 valence electrons. The Labute approximate surface area is 173 Å². The molecule has 1 aliphatic rings. The van der Waals surface area contributed by atoms with Crippen molar-refractivity contribution >= 4 is 39.1 Å². The van der Waals surface area contributed by atoms with E-state index in [1.807, 2.05) is 5.32 Å². The molecule has 0 atom stereocenters. The fourth-order valence-electron chi connectivity index (χ4n) is 2.20. The minimum atomic E-state index is -4.57. The maximum Gasteiger partial charge on any atom is 0.247 e. The van der Waals surface area contributed by atoms with E-state index < -0.39 is 80.1 Å². The first-order valence-electron chi connectivity index (χ1n) is 9.76. The van der Waals surface area contributed by atoms with Gasteiger partial charge in [-0.25, -0.2) is 8.42 Å². The largest absolute Gasteiger partial charge is 0.456 e. The third-order valence-corrected chi connectivity index (χ3v) is 5.56. The van der Waals surface area contributed by atoms with Gasteiger partial charge in [-0.2, -0.15) is 9.57 Å². The van der Waals surface area contributed by atoms with E-state index in [1.54, 1.807) is 6.07 Å². The Hall–Kier alpha value is -2.31. The Bertz CT molecular complexity index is 1250. The maximum absolute atomic E-state index is 13.3. The van der Waals surface area contributed by atoms with E-state index in [0.717, 1.165) is 12.1 Å². The van der Waals surface area contributed by atoms with E-state index in [-0.39, 0.29) is 5.56 Å². The Morgan fingerprint density at radius 2 is 2.00 bits per heavy atom. The van der Waals surface area contributed by atoms with E-state index in [2.05, 4.69) is 0 Å². The van der Waals surface area contributed by atoms with Gasteiger partial charge in [0.2, 0.25) is 15.9 Å². The minimum Gasteiger partial charge on any atom is -0.456 e. The summed E-state index contributed by atoms with van der Waals surface area (Å²) in [6.07, 6.45) is 0. The Morgan fingerprint density at radius 1 is 1.30 bits per heavy atom. The standard InChI is InChI=1S/C17H13Cl2N3O4S/c18-12-6-13(19)8-14(7-12)26-15-2-1-11(9-20)5-16(15)27(24,25)22-4-3-21-17(23)10-22/h1-2,5-8H,3-4,10H2,(H,21,23)/i3D2,6D,7D,8D. The van der Waals surface area contributed by atoms with Crippen molar-refractivity contribution in [2.75, 3.05) is 19.6 Å². The molecule has 0 bridgehead atoms. The molecule has 0 spiro atoms. The second kappa shape index (κ2) is 7.74. The predicted molar refractivity (Wildman–Crippen MR) is 99.5 cm³/mol. The molecule has 1 aliphatic heterocycles. The molecule has 1 saturated heterocycles. The van der Waals surface area contributed by atoms with Gasteiger partial charge in [0.05, 0.1) is 25.0 Å². The molecule has 2 aromatic carbocycles. The quantitative estimate of drug-likeness (QED) is 0.803. The second-order valence-corrected chi connectivity index (χ2v) is 7.87. The summed E-state index contributed by atoms with van der Waals surface area (Å²) in [6.45, 7) is -3.70. The van der Waals surface area contributed by atoms with Crippen molar-refractivity contribution in [3.8, 4) is 17.6 Å². The topological polar surface area (TPSA) is 99.5 Å². The number of ether oxygens (including phenoxy) is 1. The summed E-state index contributed by atoms with van der Waals surface area (Å²) in [4.78, 5) is 11.2. The summed E-state index contributed by atoms with van der Waals surface area (Å²) in [5.74, 6) is -1.80. The Morgan fingerprint density at radius 3 is 2.63 bits per heavy atom. The van der Waals surface area contributed by atoms with Crippen LogP contribution in [0.5, 0.6) is 11.5 Å². The molecule has 0 unspecified atom stereocenters. The van der Waals surface area contributed by atoms with Gasteiger partial charge < -0.3 is 10.1 Å². The number of benzene rings is 2. The lowest BCUT2D eigenvalue weighted by Crippen LogP contribution is -2.49. The summed E-state index contributed by atoms with van der Waals surface area (Å²) < 4.78 is 71.8. The normalized spacial score (nSPS) is 19.6. The number of amides is 1. The van der Waals surface area contributed by atoms with Gasteiger partial charge in [-0.3, -0.25) is 4.79 Å². The van der Waals surface area contributed by atoms with E-state index in [1.165, 1.54) is 6.07 Å². The molecule has 3 rings (SSSR count). The van der Waals surface area contributed by atoms with Crippen LogP contribution < -0.4 is 10.1 Å². The summed E-state index contributed by atoms with van der Waals surface area (Å²) >= 11 is 11.8. The summed E-state index contributed by atoms with van der Waals surface area (Å²) in [5.41, 5.74) is -0.0739. The lowest BCUT2D eigenvalue weighted by atomic mass is 10.2. The molecule has 0 saturated carbocycles. The monoisotopic (exact) mass is 430 g/mol. The van der Waals surface area contributed by atoms with Crippen LogP contribution in [0.4, 0.5) is 0 Å². The maximum atomic E-state index is 13.3. The average Bonchev–Trinajstić information content (AvgIpc) is 2.72. The van der Waals surface area contributed by atoms with Crippen LogP contribution in [-0.2, 0) is 14.8 Å². The zero-order valence-corrected chi connectivity index (χ0v) is 15.7. The molecule has 2 aromatic rings. The van der Waals surface area contributed by atoms with Gasteiger partial charge in [-0.1, -0.05) is 23.2 Å². The van der Waals surface area contributed by atoms with Crippen LogP contribution in [0.3, 0.4) is 0 Å². The molecule has 0 aromatic heterocycles. The summed E-state index contributed by atoms with van der Waals surface area (Å²) in [5, 5.41) is 10.4. The molecule has 1 amide bonds. The van der Waals surface area contributed by atoms with Gasteiger partial charge in [0.15, 0.2) is 0 Å². The van der Waals surface area contributed by atoms with Crippen molar-refractivity contribution in [1.82, 2.24) is 9.62 Å². The van der Waals surface area contributed by atoms with Crippen LogP contribution in [0, 0.1) is 11.3 Å². The number of nitrogens with one attached hydrogen (secondary N) is 1. The van der Waals surface area contributed by atoms with E-state index in [4.69, 9.17) is 34.8 Å². The second-order valence-electron chi connectivity index (χ2n) is 5.21. The number of halogens is 2. The molecular weight excluding hydrogens is 413 g/mol. The first-order chi connectivity index (χ1) is 14.8. The molecule has 0 aliphatic carbocycles. The van der Waals surface area contributed by atoms with E-state index in [9.17, 15) is 18.5 Å². The number of rotatable bonds is 4. The first-order valence-corrected chi connectivity index (χ1v) is 9.46. The van der Waals surface area contributed by atoms with Crippen LogP contribution in [0.15, 0.2) is 41.2 Å². The van der Waals surface area contributed by atoms with Crippen molar-refractivity contribution in [2.24, 2.45) is 0 Å². The van der Waals surface area contributed by atoms with Crippen molar-refractivity contribution in [2.45, 2.75) is 4.90 Å². The van der Waals surface area contributed by atoms with Crippen molar-refractivity contribution in [3.63, 3.8) is 0 Å². The number of sulfonamides is 1. The van der Waals surface area contributed by atoms with Crippen LogP contribution in [0.2, 0.25) is 10.0 Å². The molecule has 1 fully saturated rings. The van der Waals surface area contributed by atoms with E-state index in [0.29, 0.717) is 4.31 Å². The molecular formula is C17H13Cl2N3O4S. The van der Waals surface area contributed by atoms with Gasteiger partial charge in [-0.05, 0) is 36.3 Å². The third-order valence-electron chi connectivity index (χ3n) is 3.37. The number of carbonyl (C=O) groups excluding carboxylic acids is 1. The molecule has 0 radical (unpaired) electrons. The number of nitrogens with zero attached hydrogens (tertiary/aromatic N) is 2. The molecule has 27 heavy (non-hydrogen) atoms. The van der Waals surface area contributed by atoms with Gasteiger partial charge in [0.25, 0.3) is 0 Å². The fraction of sp³-hybridized carbons (Fsp3) is 0.176. The molecule has 1 heterocycles. The third kappa shape index (κ3) is 4.34. The lowest BCUT2D eigenvalue weighted by molar-refractivity contribution is -0.122. The average molecular weight is 431 g/mol. The SMILES string of the molecule is [2H]c1c(Cl)c([2H])c(Oc2ccc(C#N)cc2S(=O)(=O)N2CC(=O)NC([2H])([2H])C2)c([2H])c1Cl. The van der Waals surface area contributed by atoms with Gasteiger partial charge >= 0.3 is 0 Å². The zero-order valence-electron chi connectivity index (χ0n) is 18.3. The van der Waals surface area contributed by atoms with Gasteiger partial charge in [-0.15, -0.1) is 0 Å². The fourth-order valence-corrected chi connectivity index (χ4v) is 4.05. The predicted octanol–water partition coefficient (Wildman–Crippen LogP) is 2.78.